The number of ether oxygens (including phenoxy) is 1. The lowest BCUT2D eigenvalue weighted by Gasteiger charge is -2.33. The van der Waals surface area contributed by atoms with Crippen LogP contribution in [0.5, 0.6) is 0 Å². The molecule has 2 N–H and O–H groups in total. The normalized spacial score (nSPS) is 21.5. The molecule has 5 heteroatoms. The van der Waals surface area contributed by atoms with E-state index in [0.717, 1.165) is 25.7 Å². The number of nitrogens with zero attached hydrogens (tertiary/aromatic N) is 1. The predicted octanol–water partition coefficient (Wildman–Crippen LogP) is 1.06. The molecule has 0 saturated carbocycles. The lowest BCUT2D eigenvalue weighted by Crippen LogP contribution is -2.48. The van der Waals surface area contributed by atoms with Crippen LogP contribution in [0.2, 0.25) is 0 Å². The Hall–Kier alpha value is -1.10. The Labute approximate surface area is 109 Å². The Morgan fingerprint density at radius 1 is 1.44 bits per heavy atom. The highest BCUT2D eigenvalue weighted by Crippen LogP contribution is 2.19. The number of carbonyl (C=O) groups excluding carboxylic acids is 2. The lowest BCUT2D eigenvalue weighted by atomic mass is 10.0. The molecule has 1 heterocycles. The number of likely N-dealkylation sites (tertiary alicyclic amines) is 1. The van der Waals surface area contributed by atoms with E-state index in [9.17, 15) is 9.59 Å². The average Bonchev–Trinajstić information content (AvgIpc) is 2.37. The van der Waals surface area contributed by atoms with Crippen molar-refractivity contribution in [3.63, 3.8) is 0 Å². The van der Waals surface area contributed by atoms with Crippen LogP contribution in [-0.2, 0) is 14.3 Å². The minimum Gasteiger partial charge on any atom is -0.467 e. The molecule has 0 aromatic carbocycles. The van der Waals surface area contributed by atoms with E-state index in [1.54, 1.807) is 4.90 Å². The second-order valence-electron chi connectivity index (χ2n) is 4.99. The molecule has 0 aromatic rings. The van der Waals surface area contributed by atoms with Crippen LogP contribution in [0.4, 0.5) is 0 Å². The van der Waals surface area contributed by atoms with E-state index < -0.39 is 0 Å². The second kappa shape index (κ2) is 7.36. The van der Waals surface area contributed by atoms with Crippen LogP contribution in [0.15, 0.2) is 0 Å². The number of hydrogen-bond acceptors (Lipinski definition) is 4. The first-order valence-electron chi connectivity index (χ1n) is 6.69. The van der Waals surface area contributed by atoms with Gasteiger partial charge in [-0.2, -0.15) is 0 Å². The van der Waals surface area contributed by atoms with E-state index in [-0.39, 0.29) is 24.0 Å². The van der Waals surface area contributed by atoms with Crippen LogP contribution in [0, 0.1) is 0 Å². The van der Waals surface area contributed by atoms with Crippen molar-refractivity contribution in [1.82, 2.24) is 4.90 Å². The van der Waals surface area contributed by atoms with Crippen LogP contribution < -0.4 is 5.73 Å². The summed E-state index contributed by atoms with van der Waals surface area (Å²) >= 11 is 0. The smallest absolute Gasteiger partial charge is 0.328 e. The molecule has 0 aromatic heterocycles. The molecular weight excluding hydrogens is 232 g/mol. The third-order valence-corrected chi connectivity index (χ3v) is 3.35. The summed E-state index contributed by atoms with van der Waals surface area (Å²) in [6.45, 7) is 2.60. The van der Waals surface area contributed by atoms with Gasteiger partial charge in [-0.3, -0.25) is 4.79 Å². The molecule has 1 aliphatic heterocycles. The summed E-state index contributed by atoms with van der Waals surface area (Å²) in [4.78, 5) is 25.4. The van der Waals surface area contributed by atoms with E-state index in [4.69, 9.17) is 10.5 Å². The molecule has 0 aliphatic carbocycles. The molecule has 18 heavy (non-hydrogen) atoms. The van der Waals surface area contributed by atoms with Crippen molar-refractivity contribution in [1.29, 1.82) is 0 Å². The summed E-state index contributed by atoms with van der Waals surface area (Å²) in [5.41, 5.74) is 5.66. The molecule has 1 aliphatic rings. The van der Waals surface area contributed by atoms with Crippen molar-refractivity contribution >= 4 is 11.9 Å². The molecule has 2 unspecified atom stereocenters. The van der Waals surface area contributed by atoms with Crippen LogP contribution in [-0.4, -0.2) is 42.5 Å². The van der Waals surface area contributed by atoms with E-state index in [2.05, 4.69) is 0 Å². The van der Waals surface area contributed by atoms with E-state index in [1.807, 2.05) is 6.92 Å². The Bertz CT molecular complexity index is 292. The van der Waals surface area contributed by atoms with Crippen molar-refractivity contribution in [2.45, 2.75) is 57.5 Å². The Balaban J connectivity index is 2.49. The monoisotopic (exact) mass is 256 g/mol. The molecule has 1 rings (SSSR count). The molecule has 104 valence electrons. The first-order valence-corrected chi connectivity index (χ1v) is 6.69. The van der Waals surface area contributed by atoms with Gasteiger partial charge in [0.2, 0.25) is 5.91 Å². The first kappa shape index (κ1) is 15.0. The van der Waals surface area contributed by atoms with E-state index in [1.165, 1.54) is 7.11 Å². The third kappa shape index (κ3) is 4.29. The molecule has 1 saturated heterocycles. The van der Waals surface area contributed by atoms with Gasteiger partial charge in [-0.25, -0.2) is 4.79 Å². The zero-order valence-corrected chi connectivity index (χ0v) is 11.4. The number of carbonyl (C=O) groups is 2. The van der Waals surface area contributed by atoms with Crippen molar-refractivity contribution in [3.05, 3.63) is 0 Å². The molecule has 1 fully saturated rings. The van der Waals surface area contributed by atoms with Crippen molar-refractivity contribution in [3.8, 4) is 0 Å². The number of esters is 1. The van der Waals surface area contributed by atoms with Crippen molar-refractivity contribution < 1.29 is 14.3 Å². The highest BCUT2D eigenvalue weighted by atomic mass is 16.5. The summed E-state index contributed by atoms with van der Waals surface area (Å²) in [5.74, 6) is -0.249. The molecule has 5 nitrogen and oxygen atoms in total. The van der Waals surface area contributed by atoms with Crippen LogP contribution in [0.1, 0.15) is 45.4 Å². The minimum atomic E-state index is -0.383. The average molecular weight is 256 g/mol. The number of methoxy groups -OCH3 is 1. The van der Waals surface area contributed by atoms with Crippen LogP contribution in [0.25, 0.3) is 0 Å². The van der Waals surface area contributed by atoms with Gasteiger partial charge in [0.1, 0.15) is 6.04 Å². The van der Waals surface area contributed by atoms with Gasteiger partial charge in [0.05, 0.1) is 7.11 Å². The number of amides is 1. The van der Waals surface area contributed by atoms with E-state index >= 15 is 0 Å². The van der Waals surface area contributed by atoms with Gasteiger partial charge in [-0.15, -0.1) is 0 Å². The summed E-state index contributed by atoms with van der Waals surface area (Å²) < 4.78 is 4.76. The second-order valence-corrected chi connectivity index (χ2v) is 4.99. The largest absolute Gasteiger partial charge is 0.467 e. The third-order valence-electron chi connectivity index (χ3n) is 3.35. The summed E-state index contributed by atoms with van der Waals surface area (Å²) in [6.07, 6.45) is 4.74. The fraction of sp³-hybridized carbons (Fsp3) is 0.846. The maximum Gasteiger partial charge on any atom is 0.328 e. The fourth-order valence-corrected chi connectivity index (χ4v) is 2.33. The molecule has 0 bridgehead atoms. The van der Waals surface area contributed by atoms with Gasteiger partial charge < -0.3 is 15.4 Å². The maximum atomic E-state index is 12.1. The zero-order valence-electron chi connectivity index (χ0n) is 11.4. The van der Waals surface area contributed by atoms with Crippen molar-refractivity contribution in [2.24, 2.45) is 5.73 Å². The number of nitrogens with two attached hydrogens (primary N) is 1. The molecular formula is C13H24N2O3. The Morgan fingerprint density at radius 2 is 2.17 bits per heavy atom. The highest BCUT2D eigenvalue weighted by molar-refractivity contribution is 5.84. The molecule has 2 atom stereocenters. The first-order chi connectivity index (χ1) is 8.56. The molecule has 1 amide bonds. The van der Waals surface area contributed by atoms with Crippen LogP contribution in [0.3, 0.4) is 0 Å². The predicted molar refractivity (Wildman–Crippen MR) is 68.9 cm³/mol. The van der Waals surface area contributed by atoms with Gasteiger partial charge >= 0.3 is 5.97 Å². The highest BCUT2D eigenvalue weighted by Gasteiger charge is 2.32. The fourth-order valence-electron chi connectivity index (χ4n) is 2.33. The van der Waals surface area contributed by atoms with Gasteiger partial charge in [0, 0.05) is 19.0 Å². The van der Waals surface area contributed by atoms with E-state index in [0.29, 0.717) is 19.4 Å². The van der Waals surface area contributed by atoms with Gasteiger partial charge in [-0.1, -0.05) is 0 Å². The molecule has 0 radical (unpaired) electrons. The van der Waals surface area contributed by atoms with Gasteiger partial charge in [0.25, 0.3) is 0 Å². The minimum absolute atomic E-state index is 0.0470. The SMILES string of the molecule is COC(=O)C1CCCCN1C(=O)CCCC(C)N. The Kier molecular flexibility index (Phi) is 6.12. The van der Waals surface area contributed by atoms with Crippen molar-refractivity contribution in [2.75, 3.05) is 13.7 Å². The standard InChI is InChI=1S/C13H24N2O3/c1-10(14)6-5-8-12(16)15-9-4-3-7-11(15)13(17)18-2/h10-11H,3-9,14H2,1-2H3. The van der Waals surface area contributed by atoms with Gasteiger partial charge in [-0.05, 0) is 39.0 Å². The summed E-state index contributed by atoms with van der Waals surface area (Å²) in [6, 6.07) is -0.262. The Morgan fingerprint density at radius 3 is 2.78 bits per heavy atom. The van der Waals surface area contributed by atoms with Gasteiger partial charge in [0.15, 0.2) is 0 Å². The number of piperidine rings is 1. The lowest BCUT2D eigenvalue weighted by molar-refractivity contribution is -0.154. The number of hydrogen-bond donors (Lipinski definition) is 1. The topological polar surface area (TPSA) is 72.6 Å². The quantitative estimate of drug-likeness (QED) is 0.746. The number of rotatable bonds is 5. The summed E-state index contributed by atoms with van der Waals surface area (Å²) in [7, 11) is 1.37. The molecule has 0 spiro atoms. The summed E-state index contributed by atoms with van der Waals surface area (Å²) in [5, 5.41) is 0. The maximum absolute atomic E-state index is 12.1. The zero-order chi connectivity index (χ0) is 13.5. The van der Waals surface area contributed by atoms with Crippen LogP contribution >= 0.6 is 0 Å².